The van der Waals surface area contributed by atoms with Crippen LogP contribution in [0.2, 0.25) is 0 Å². The number of amides is 1. The lowest BCUT2D eigenvalue weighted by atomic mass is 9.79. The maximum Gasteiger partial charge on any atom is 0.236 e. The number of nitrogens with zero attached hydrogens (tertiary/aromatic N) is 2. The first-order valence-corrected chi connectivity index (χ1v) is 7.22. The van der Waals surface area contributed by atoms with E-state index in [9.17, 15) is 4.79 Å². The number of amidine groups is 1. The van der Waals surface area contributed by atoms with Crippen molar-refractivity contribution in [3.8, 4) is 0 Å². The largest absolute Gasteiger partial charge is 0.409 e. The van der Waals surface area contributed by atoms with Crippen molar-refractivity contribution < 1.29 is 10.0 Å². The minimum Gasteiger partial charge on any atom is -0.409 e. The highest BCUT2D eigenvalue weighted by atomic mass is 16.4. The molecule has 1 aliphatic carbocycles. The summed E-state index contributed by atoms with van der Waals surface area (Å²) < 4.78 is 0. The minimum absolute atomic E-state index is 0.0176. The zero-order valence-electron chi connectivity index (χ0n) is 12.5. The fourth-order valence-corrected chi connectivity index (χ4v) is 2.57. The third kappa shape index (κ3) is 3.19. The molecule has 1 rings (SSSR count). The van der Waals surface area contributed by atoms with Gasteiger partial charge in [0.2, 0.25) is 5.91 Å². The van der Waals surface area contributed by atoms with Crippen molar-refractivity contribution in [2.24, 2.45) is 22.2 Å². The molecule has 0 radical (unpaired) electrons. The second-order valence-electron chi connectivity index (χ2n) is 5.86. The molecule has 1 aliphatic rings. The Morgan fingerprint density at radius 1 is 1.42 bits per heavy atom. The molecule has 0 spiro atoms. The Labute approximate surface area is 115 Å². The highest BCUT2D eigenvalue weighted by molar-refractivity contribution is 6.06. The average Bonchev–Trinajstić information content (AvgIpc) is 3.21. The van der Waals surface area contributed by atoms with E-state index in [-0.39, 0.29) is 11.7 Å². The molecule has 1 fully saturated rings. The van der Waals surface area contributed by atoms with Crippen LogP contribution in [0.5, 0.6) is 0 Å². The lowest BCUT2D eigenvalue weighted by Gasteiger charge is -2.36. The number of carbonyl (C=O) groups excluding carboxylic acids is 1. The van der Waals surface area contributed by atoms with Crippen molar-refractivity contribution >= 4 is 11.7 Å². The van der Waals surface area contributed by atoms with Crippen LogP contribution < -0.4 is 5.73 Å². The van der Waals surface area contributed by atoms with Gasteiger partial charge < -0.3 is 15.8 Å². The van der Waals surface area contributed by atoms with Gasteiger partial charge in [-0.1, -0.05) is 32.9 Å². The summed E-state index contributed by atoms with van der Waals surface area (Å²) >= 11 is 0. The smallest absolute Gasteiger partial charge is 0.236 e. The van der Waals surface area contributed by atoms with Gasteiger partial charge in [0.05, 0.1) is 0 Å². The van der Waals surface area contributed by atoms with Crippen LogP contribution in [0.15, 0.2) is 5.16 Å². The third-order valence-corrected chi connectivity index (χ3v) is 4.02. The van der Waals surface area contributed by atoms with E-state index in [0.717, 1.165) is 19.4 Å². The number of oxime groups is 1. The van der Waals surface area contributed by atoms with Gasteiger partial charge in [-0.05, 0) is 31.6 Å². The number of hydrogen-bond donors (Lipinski definition) is 2. The Morgan fingerprint density at radius 3 is 2.26 bits per heavy atom. The van der Waals surface area contributed by atoms with Crippen LogP contribution in [0.1, 0.15) is 53.4 Å². The predicted molar refractivity (Wildman–Crippen MR) is 76.0 cm³/mol. The number of rotatable bonds is 7. The second-order valence-corrected chi connectivity index (χ2v) is 5.86. The molecule has 3 N–H and O–H groups in total. The predicted octanol–water partition coefficient (Wildman–Crippen LogP) is 2.19. The van der Waals surface area contributed by atoms with Crippen molar-refractivity contribution in [3.05, 3.63) is 0 Å². The molecule has 0 aromatic rings. The summed E-state index contributed by atoms with van der Waals surface area (Å²) in [5, 5.41) is 12.1. The molecular formula is C14H27N3O2. The average molecular weight is 269 g/mol. The van der Waals surface area contributed by atoms with Gasteiger partial charge in [0.25, 0.3) is 0 Å². The van der Waals surface area contributed by atoms with Gasteiger partial charge in [0.15, 0.2) is 5.84 Å². The summed E-state index contributed by atoms with van der Waals surface area (Å²) in [7, 11) is 0. The summed E-state index contributed by atoms with van der Waals surface area (Å²) in [6, 6.07) is 0.346. The summed E-state index contributed by atoms with van der Waals surface area (Å²) in [4.78, 5) is 14.8. The highest BCUT2D eigenvalue weighted by Gasteiger charge is 2.46. The molecule has 0 saturated heterocycles. The monoisotopic (exact) mass is 269 g/mol. The molecule has 0 atom stereocenters. The maximum absolute atomic E-state index is 12.9. The Hall–Kier alpha value is -1.26. The minimum atomic E-state index is -0.855. The fraction of sp³-hybridized carbons (Fsp3) is 0.857. The molecule has 0 aliphatic heterocycles. The Kier molecular flexibility index (Phi) is 5.20. The van der Waals surface area contributed by atoms with Crippen molar-refractivity contribution in [1.29, 1.82) is 0 Å². The summed E-state index contributed by atoms with van der Waals surface area (Å²) in [6.07, 6.45) is 3.25. The normalized spacial score (nSPS) is 16.8. The Balaban J connectivity index is 3.02. The molecule has 0 unspecified atom stereocenters. The topological polar surface area (TPSA) is 78.9 Å². The molecule has 0 heterocycles. The van der Waals surface area contributed by atoms with Gasteiger partial charge >= 0.3 is 0 Å². The van der Waals surface area contributed by atoms with E-state index in [1.165, 1.54) is 0 Å². The standard InChI is InChI=1S/C14H27N3O2/c1-5-14(6-2,12(15)16-19)13(18)17(9-10(3)4)11-7-8-11/h10-11,19H,5-9H2,1-4H3,(H2,15,16). The molecular weight excluding hydrogens is 242 g/mol. The molecule has 1 saturated carbocycles. The van der Waals surface area contributed by atoms with E-state index in [1.54, 1.807) is 0 Å². The third-order valence-electron chi connectivity index (χ3n) is 4.02. The first-order chi connectivity index (χ1) is 8.92. The van der Waals surface area contributed by atoms with Gasteiger partial charge in [-0.3, -0.25) is 4.79 Å². The first kappa shape index (κ1) is 15.8. The summed E-state index contributed by atoms with van der Waals surface area (Å²) in [6.45, 7) is 8.78. The fourth-order valence-electron chi connectivity index (χ4n) is 2.57. The van der Waals surface area contributed by atoms with Gasteiger partial charge in [-0.15, -0.1) is 0 Å². The quantitative estimate of drug-likeness (QED) is 0.322. The van der Waals surface area contributed by atoms with E-state index in [4.69, 9.17) is 10.9 Å². The van der Waals surface area contributed by atoms with E-state index in [2.05, 4.69) is 19.0 Å². The molecule has 0 bridgehead atoms. The molecule has 1 amide bonds. The first-order valence-electron chi connectivity index (χ1n) is 7.22. The van der Waals surface area contributed by atoms with Gasteiger partial charge in [-0.25, -0.2) is 0 Å². The van der Waals surface area contributed by atoms with E-state index in [1.807, 2.05) is 18.7 Å². The van der Waals surface area contributed by atoms with Crippen molar-refractivity contribution in [3.63, 3.8) is 0 Å². The lowest BCUT2D eigenvalue weighted by Crippen LogP contribution is -2.52. The Morgan fingerprint density at radius 2 is 1.95 bits per heavy atom. The molecule has 110 valence electrons. The van der Waals surface area contributed by atoms with Crippen molar-refractivity contribution in [2.45, 2.75) is 59.4 Å². The summed E-state index contributed by atoms with van der Waals surface area (Å²) in [5.41, 5.74) is 4.96. The van der Waals surface area contributed by atoms with E-state index in [0.29, 0.717) is 24.8 Å². The second kappa shape index (κ2) is 6.26. The molecule has 19 heavy (non-hydrogen) atoms. The molecule has 0 aromatic heterocycles. The van der Waals surface area contributed by atoms with E-state index < -0.39 is 5.41 Å². The van der Waals surface area contributed by atoms with Crippen LogP contribution >= 0.6 is 0 Å². The van der Waals surface area contributed by atoms with Crippen LogP contribution in [-0.4, -0.2) is 34.4 Å². The zero-order chi connectivity index (χ0) is 14.6. The number of carbonyl (C=O) groups is 1. The molecule has 0 aromatic carbocycles. The summed E-state index contributed by atoms with van der Waals surface area (Å²) in [5.74, 6) is 0.476. The maximum atomic E-state index is 12.9. The van der Waals surface area contributed by atoms with Crippen LogP contribution in [0.4, 0.5) is 0 Å². The number of nitrogens with two attached hydrogens (primary N) is 1. The van der Waals surface area contributed by atoms with E-state index >= 15 is 0 Å². The SMILES string of the molecule is CCC(CC)(C(=O)N(CC(C)C)C1CC1)C(N)=NO. The molecule has 5 heteroatoms. The zero-order valence-corrected chi connectivity index (χ0v) is 12.5. The molecule has 5 nitrogen and oxygen atoms in total. The Bertz CT molecular complexity index is 345. The van der Waals surface area contributed by atoms with Gasteiger partial charge in [-0.2, -0.15) is 0 Å². The van der Waals surface area contributed by atoms with Crippen LogP contribution in [0.25, 0.3) is 0 Å². The van der Waals surface area contributed by atoms with Crippen LogP contribution in [0.3, 0.4) is 0 Å². The highest BCUT2D eigenvalue weighted by Crippen LogP contribution is 2.35. The van der Waals surface area contributed by atoms with Crippen LogP contribution in [-0.2, 0) is 4.79 Å². The van der Waals surface area contributed by atoms with Crippen LogP contribution in [0, 0.1) is 11.3 Å². The lowest BCUT2D eigenvalue weighted by molar-refractivity contribution is -0.140. The number of hydrogen-bond acceptors (Lipinski definition) is 3. The van der Waals surface area contributed by atoms with Crippen molar-refractivity contribution in [2.75, 3.05) is 6.54 Å². The van der Waals surface area contributed by atoms with Gasteiger partial charge in [0.1, 0.15) is 5.41 Å². The van der Waals surface area contributed by atoms with Crippen molar-refractivity contribution in [1.82, 2.24) is 4.90 Å². The van der Waals surface area contributed by atoms with Gasteiger partial charge in [0, 0.05) is 12.6 Å².